The van der Waals surface area contributed by atoms with Gasteiger partial charge in [-0.3, -0.25) is 4.99 Å². The summed E-state index contributed by atoms with van der Waals surface area (Å²) in [7, 11) is 0. The molecule has 0 aromatic heterocycles. The van der Waals surface area contributed by atoms with E-state index in [0.717, 1.165) is 37.8 Å². The number of halogens is 1. The fourth-order valence-electron chi connectivity index (χ4n) is 5.46. The number of nitrogens with zero attached hydrogens (tertiary/aromatic N) is 3. The van der Waals surface area contributed by atoms with Crippen LogP contribution < -0.4 is 11.1 Å². The molecule has 0 bridgehead atoms. The van der Waals surface area contributed by atoms with E-state index in [1.807, 2.05) is 6.07 Å². The smallest absolute Gasteiger partial charge is 0.198 e. The minimum Gasteiger partial charge on any atom is -0.343 e. The largest absolute Gasteiger partial charge is 0.343 e. The molecule has 2 atom stereocenters. The standard InChI is InChI=1S/C24H38FN5/c25-21-7-4-8-22(16-21)28-24(27-18-20-6-3-5-19(15-20)17-26)30-13-9-23(10-14-30)29-11-1-2-12-29/h4,7-8,16,19-20,23H,1-3,5-6,9-15,17-18,26H2,(H,27,28). The molecule has 1 aliphatic carbocycles. The first-order valence-corrected chi connectivity index (χ1v) is 12.0. The third-order valence-corrected chi connectivity index (χ3v) is 7.23. The lowest BCUT2D eigenvalue weighted by molar-refractivity contribution is 0.163. The van der Waals surface area contributed by atoms with E-state index < -0.39 is 0 Å². The molecule has 1 aromatic carbocycles. The first-order chi connectivity index (χ1) is 14.7. The highest BCUT2D eigenvalue weighted by molar-refractivity contribution is 5.93. The summed E-state index contributed by atoms with van der Waals surface area (Å²) in [5, 5.41) is 3.44. The number of hydrogen-bond acceptors (Lipinski definition) is 3. The molecule has 6 heteroatoms. The molecule has 30 heavy (non-hydrogen) atoms. The highest BCUT2D eigenvalue weighted by atomic mass is 19.1. The Morgan fingerprint density at radius 2 is 1.80 bits per heavy atom. The molecule has 5 nitrogen and oxygen atoms in total. The van der Waals surface area contributed by atoms with Crippen molar-refractivity contribution in [2.45, 2.75) is 57.4 Å². The number of piperidine rings is 1. The lowest BCUT2D eigenvalue weighted by Gasteiger charge is -2.38. The first kappa shape index (κ1) is 21.6. The van der Waals surface area contributed by atoms with E-state index in [4.69, 9.17) is 10.7 Å². The van der Waals surface area contributed by atoms with E-state index in [9.17, 15) is 4.39 Å². The minimum atomic E-state index is -0.217. The number of benzene rings is 1. The van der Waals surface area contributed by atoms with Crippen LogP contribution in [0.25, 0.3) is 0 Å². The monoisotopic (exact) mass is 415 g/mol. The van der Waals surface area contributed by atoms with Crippen molar-refractivity contribution in [3.63, 3.8) is 0 Å². The second kappa shape index (κ2) is 10.6. The number of anilines is 1. The fraction of sp³-hybridized carbons (Fsp3) is 0.708. The molecule has 0 radical (unpaired) electrons. The van der Waals surface area contributed by atoms with Gasteiger partial charge < -0.3 is 20.9 Å². The van der Waals surface area contributed by atoms with Crippen LogP contribution >= 0.6 is 0 Å². The maximum absolute atomic E-state index is 13.7. The average molecular weight is 416 g/mol. The Hall–Kier alpha value is -1.66. The van der Waals surface area contributed by atoms with Gasteiger partial charge in [-0.1, -0.05) is 12.5 Å². The average Bonchev–Trinajstić information content (AvgIpc) is 3.32. The van der Waals surface area contributed by atoms with Crippen LogP contribution in [0.2, 0.25) is 0 Å². The van der Waals surface area contributed by atoms with Crippen LogP contribution in [0, 0.1) is 17.7 Å². The van der Waals surface area contributed by atoms with Crippen molar-refractivity contribution in [1.29, 1.82) is 0 Å². The second-order valence-corrected chi connectivity index (χ2v) is 9.40. The fourth-order valence-corrected chi connectivity index (χ4v) is 5.46. The number of rotatable bonds is 5. The van der Waals surface area contributed by atoms with Crippen molar-refractivity contribution < 1.29 is 4.39 Å². The van der Waals surface area contributed by atoms with E-state index in [1.54, 1.807) is 12.1 Å². The van der Waals surface area contributed by atoms with Gasteiger partial charge in [-0.25, -0.2) is 4.39 Å². The minimum absolute atomic E-state index is 0.217. The summed E-state index contributed by atoms with van der Waals surface area (Å²) in [4.78, 5) is 10.1. The van der Waals surface area contributed by atoms with Crippen LogP contribution in [-0.2, 0) is 0 Å². The zero-order valence-corrected chi connectivity index (χ0v) is 18.2. The topological polar surface area (TPSA) is 56.9 Å². The highest BCUT2D eigenvalue weighted by Crippen LogP contribution is 2.29. The number of hydrogen-bond donors (Lipinski definition) is 2. The van der Waals surface area contributed by atoms with Gasteiger partial charge in [-0.15, -0.1) is 0 Å². The Labute approximate surface area is 180 Å². The predicted molar refractivity (Wildman–Crippen MR) is 122 cm³/mol. The summed E-state index contributed by atoms with van der Waals surface area (Å²) >= 11 is 0. The Morgan fingerprint density at radius 3 is 2.53 bits per heavy atom. The zero-order valence-electron chi connectivity index (χ0n) is 18.2. The molecule has 3 fully saturated rings. The summed E-state index contributed by atoms with van der Waals surface area (Å²) in [5.74, 6) is 1.95. The van der Waals surface area contributed by atoms with Crippen molar-refractivity contribution in [3.8, 4) is 0 Å². The summed E-state index contributed by atoms with van der Waals surface area (Å²) < 4.78 is 13.7. The molecule has 0 amide bonds. The number of nitrogens with one attached hydrogen (secondary N) is 1. The van der Waals surface area contributed by atoms with Crippen LogP contribution in [0.1, 0.15) is 51.4 Å². The van der Waals surface area contributed by atoms with Gasteiger partial charge in [0.05, 0.1) is 0 Å². The summed E-state index contributed by atoms with van der Waals surface area (Å²) in [5.41, 5.74) is 6.70. The second-order valence-electron chi connectivity index (χ2n) is 9.40. The van der Waals surface area contributed by atoms with Crippen molar-refractivity contribution in [3.05, 3.63) is 30.1 Å². The Kier molecular flexibility index (Phi) is 7.61. The quantitative estimate of drug-likeness (QED) is 0.565. The van der Waals surface area contributed by atoms with Crippen molar-refractivity contribution in [2.75, 3.05) is 44.6 Å². The molecule has 0 spiro atoms. The van der Waals surface area contributed by atoms with Crippen LogP contribution in [0.3, 0.4) is 0 Å². The van der Waals surface area contributed by atoms with Gasteiger partial charge >= 0.3 is 0 Å². The Morgan fingerprint density at radius 1 is 1.03 bits per heavy atom. The van der Waals surface area contributed by atoms with E-state index in [-0.39, 0.29) is 5.82 Å². The van der Waals surface area contributed by atoms with Crippen LogP contribution in [0.5, 0.6) is 0 Å². The maximum atomic E-state index is 13.7. The molecule has 3 aliphatic rings. The van der Waals surface area contributed by atoms with E-state index in [1.165, 1.54) is 70.5 Å². The number of aliphatic imine (C=N–C) groups is 1. The Balaban J connectivity index is 1.41. The first-order valence-electron chi connectivity index (χ1n) is 12.0. The molecule has 4 rings (SSSR count). The van der Waals surface area contributed by atoms with Gasteiger partial charge in [0.15, 0.2) is 5.96 Å². The van der Waals surface area contributed by atoms with Gasteiger partial charge in [-0.2, -0.15) is 0 Å². The van der Waals surface area contributed by atoms with Gasteiger partial charge in [-0.05, 0) is 94.6 Å². The van der Waals surface area contributed by atoms with E-state index in [2.05, 4.69) is 15.1 Å². The van der Waals surface area contributed by atoms with E-state index >= 15 is 0 Å². The molecule has 2 saturated heterocycles. The number of likely N-dealkylation sites (tertiary alicyclic amines) is 2. The molecule has 166 valence electrons. The van der Waals surface area contributed by atoms with Crippen LogP contribution in [0.15, 0.2) is 29.3 Å². The lowest BCUT2D eigenvalue weighted by atomic mass is 9.81. The molecule has 1 saturated carbocycles. The molecule has 1 aromatic rings. The van der Waals surface area contributed by atoms with Crippen molar-refractivity contribution in [1.82, 2.24) is 9.80 Å². The number of nitrogens with two attached hydrogens (primary N) is 1. The third-order valence-electron chi connectivity index (χ3n) is 7.23. The molecule has 3 N–H and O–H groups in total. The normalized spacial score (nSPS) is 26.9. The SMILES string of the molecule is NCC1CCCC(CN=C(Nc2cccc(F)c2)N2CCC(N3CCCC3)CC2)C1. The van der Waals surface area contributed by atoms with Crippen molar-refractivity contribution in [2.24, 2.45) is 22.6 Å². The predicted octanol–water partition coefficient (Wildman–Crippen LogP) is 3.92. The van der Waals surface area contributed by atoms with Crippen LogP contribution in [-0.4, -0.2) is 61.1 Å². The summed E-state index contributed by atoms with van der Waals surface area (Å²) in [6.45, 7) is 6.17. The van der Waals surface area contributed by atoms with E-state index in [0.29, 0.717) is 17.9 Å². The molecular weight excluding hydrogens is 377 g/mol. The summed E-state index contributed by atoms with van der Waals surface area (Å²) in [6.07, 6.45) is 10.0. The number of guanidine groups is 1. The van der Waals surface area contributed by atoms with Gasteiger partial charge in [0.25, 0.3) is 0 Å². The zero-order chi connectivity index (χ0) is 20.8. The van der Waals surface area contributed by atoms with Gasteiger partial charge in [0.2, 0.25) is 0 Å². The maximum Gasteiger partial charge on any atom is 0.198 e. The highest BCUT2D eigenvalue weighted by Gasteiger charge is 2.28. The molecule has 2 aliphatic heterocycles. The van der Waals surface area contributed by atoms with Gasteiger partial charge in [0, 0.05) is 31.4 Å². The van der Waals surface area contributed by atoms with Gasteiger partial charge in [0.1, 0.15) is 5.82 Å². The Bertz CT molecular complexity index is 695. The van der Waals surface area contributed by atoms with Crippen molar-refractivity contribution >= 4 is 11.6 Å². The lowest BCUT2D eigenvalue weighted by Crippen LogP contribution is -2.48. The summed E-state index contributed by atoms with van der Waals surface area (Å²) in [6, 6.07) is 7.42. The molecule has 2 heterocycles. The molecule has 2 unspecified atom stereocenters. The third kappa shape index (κ3) is 5.73. The molecular formula is C24H38FN5. The van der Waals surface area contributed by atoms with Crippen LogP contribution in [0.4, 0.5) is 10.1 Å².